The number of carbonyl (C=O) groups is 3. The highest BCUT2D eigenvalue weighted by Gasteiger charge is 2.35. The molecule has 7 heteroatoms. The normalized spacial score (nSPS) is 15.6. The molecule has 0 bridgehead atoms. The van der Waals surface area contributed by atoms with Crippen LogP contribution in [0.2, 0.25) is 0 Å². The number of methoxy groups -OCH3 is 2. The van der Waals surface area contributed by atoms with Crippen molar-refractivity contribution in [2.75, 3.05) is 20.8 Å². The third-order valence-corrected chi connectivity index (χ3v) is 3.92. The van der Waals surface area contributed by atoms with Gasteiger partial charge in [0.2, 0.25) is 0 Å². The average Bonchev–Trinajstić information content (AvgIpc) is 2.89. The molecule has 0 unspecified atom stereocenters. The maximum atomic E-state index is 12.4. The lowest BCUT2D eigenvalue weighted by Gasteiger charge is -2.10. The maximum Gasteiger partial charge on any atom is 0.329 e. The summed E-state index contributed by atoms with van der Waals surface area (Å²) >= 11 is 0. The molecular formula is C18H16N2O5. The van der Waals surface area contributed by atoms with Crippen molar-refractivity contribution in [1.82, 2.24) is 10.2 Å². The van der Waals surface area contributed by atoms with Crippen molar-refractivity contribution in [3.8, 4) is 5.75 Å². The van der Waals surface area contributed by atoms with Crippen molar-refractivity contribution in [2.45, 2.75) is 0 Å². The minimum absolute atomic E-state index is 0.0727. The summed E-state index contributed by atoms with van der Waals surface area (Å²) in [7, 11) is 2.73. The van der Waals surface area contributed by atoms with Gasteiger partial charge in [-0.3, -0.25) is 9.59 Å². The Morgan fingerprint density at radius 1 is 1.16 bits per heavy atom. The molecule has 0 spiro atoms. The minimum atomic E-state index is -0.674. The summed E-state index contributed by atoms with van der Waals surface area (Å²) in [5, 5.41) is 4.33. The molecule has 128 valence electrons. The largest absolute Gasteiger partial charge is 0.496 e. The van der Waals surface area contributed by atoms with Crippen LogP contribution >= 0.6 is 0 Å². The highest BCUT2D eigenvalue weighted by atomic mass is 16.5. The number of nitrogens with zero attached hydrogens (tertiary/aromatic N) is 1. The number of hydrogen-bond acceptors (Lipinski definition) is 5. The molecule has 1 N–H and O–H groups in total. The first-order valence-electron chi connectivity index (χ1n) is 7.52. The lowest BCUT2D eigenvalue weighted by molar-refractivity contribution is -0.143. The summed E-state index contributed by atoms with van der Waals surface area (Å²) in [5.41, 5.74) is 0.743. The highest BCUT2D eigenvalue weighted by molar-refractivity contribution is 6.16. The number of fused-ring (bicyclic) bond motifs is 1. The molecule has 0 atom stereocenters. The molecule has 1 heterocycles. The molecule has 25 heavy (non-hydrogen) atoms. The molecule has 2 aromatic carbocycles. The zero-order valence-electron chi connectivity index (χ0n) is 13.7. The van der Waals surface area contributed by atoms with Gasteiger partial charge in [0.1, 0.15) is 18.0 Å². The van der Waals surface area contributed by atoms with Gasteiger partial charge in [0.05, 0.1) is 14.2 Å². The Kier molecular flexibility index (Phi) is 4.38. The summed E-state index contributed by atoms with van der Waals surface area (Å²) in [6.45, 7) is -0.439. The van der Waals surface area contributed by atoms with E-state index in [2.05, 4.69) is 10.1 Å². The molecule has 1 aliphatic rings. The number of nitrogens with one attached hydrogen (secondary N) is 1. The van der Waals surface area contributed by atoms with Crippen LogP contribution in [0.4, 0.5) is 4.79 Å². The van der Waals surface area contributed by atoms with Gasteiger partial charge in [-0.2, -0.15) is 0 Å². The Morgan fingerprint density at radius 2 is 1.92 bits per heavy atom. The Balaban J connectivity index is 2.04. The quantitative estimate of drug-likeness (QED) is 0.522. The zero-order chi connectivity index (χ0) is 18.0. The zero-order valence-corrected chi connectivity index (χ0v) is 13.7. The third kappa shape index (κ3) is 3.03. The monoisotopic (exact) mass is 340 g/mol. The van der Waals surface area contributed by atoms with E-state index in [0.29, 0.717) is 11.3 Å². The van der Waals surface area contributed by atoms with Gasteiger partial charge in [0, 0.05) is 5.56 Å². The third-order valence-electron chi connectivity index (χ3n) is 3.92. The Morgan fingerprint density at radius 3 is 2.64 bits per heavy atom. The fourth-order valence-electron chi connectivity index (χ4n) is 2.66. The van der Waals surface area contributed by atoms with E-state index in [1.165, 1.54) is 14.2 Å². The topological polar surface area (TPSA) is 84.9 Å². The first kappa shape index (κ1) is 16.5. The summed E-state index contributed by atoms with van der Waals surface area (Å²) in [6, 6.07) is 10.7. The number of benzene rings is 2. The molecule has 7 nitrogen and oxygen atoms in total. The second-order valence-electron chi connectivity index (χ2n) is 5.36. The summed E-state index contributed by atoms with van der Waals surface area (Å²) in [6.07, 6.45) is 1.55. The maximum absolute atomic E-state index is 12.4. The van der Waals surface area contributed by atoms with Crippen molar-refractivity contribution < 1.29 is 23.9 Å². The number of rotatable bonds is 4. The lowest BCUT2D eigenvalue weighted by Crippen LogP contribution is -2.36. The predicted octanol–water partition coefficient (Wildman–Crippen LogP) is 1.91. The first-order chi connectivity index (χ1) is 12.0. The van der Waals surface area contributed by atoms with Gasteiger partial charge in [-0.05, 0) is 22.9 Å². The van der Waals surface area contributed by atoms with Gasteiger partial charge in [-0.25, -0.2) is 9.69 Å². The van der Waals surface area contributed by atoms with Gasteiger partial charge in [0.25, 0.3) is 5.91 Å². The van der Waals surface area contributed by atoms with Crippen molar-refractivity contribution in [2.24, 2.45) is 0 Å². The van der Waals surface area contributed by atoms with Crippen LogP contribution in [-0.2, 0) is 14.3 Å². The second-order valence-corrected chi connectivity index (χ2v) is 5.36. The van der Waals surface area contributed by atoms with Crippen molar-refractivity contribution in [1.29, 1.82) is 0 Å². The predicted molar refractivity (Wildman–Crippen MR) is 90.7 cm³/mol. The van der Waals surface area contributed by atoms with Crippen molar-refractivity contribution in [3.63, 3.8) is 0 Å². The number of urea groups is 1. The molecule has 2 aromatic rings. The number of esters is 1. The summed E-state index contributed by atoms with van der Waals surface area (Å²) in [5.74, 6) is -0.697. The summed E-state index contributed by atoms with van der Waals surface area (Å²) < 4.78 is 9.88. The molecule has 0 aliphatic carbocycles. The average molecular weight is 340 g/mol. The van der Waals surface area contributed by atoms with Crippen LogP contribution in [0.1, 0.15) is 5.56 Å². The molecule has 1 fully saturated rings. The smallest absolute Gasteiger partial charge is 0.329 e. The van der Waals surface area contributed by atoms with Crippen LogP contribution in [0.3, 0.4) is 0 Å². The molecule has 0 radical (unpaired) electrons. The number of carbonyl (C=O) groups excluding carboxylic acids is 3. The van der Waals surface area contributed by atoms with Crippen LogP contribution in [0.5, 0.6) is 5.75 Å². The van der Waals surface area contributed by atoms with Gasteiger partial charge in [-0.15, -0.1) is 0 Å². The lowest BCUT2D eigenvalue weighted by atomic mass is 10.0. The van der Waals surface area contributed by atoms with Crippen molar-refractivity contribution in [3.05, 3.63) is 47.7 Å². The number of hydrogen-bond donors (Lipinski definition) is 1. The van der Waals surface area contributed by atoms with E-state index in [-0.39, 0.29) is 5.70 Å². The van der Waals surface area contributed by atoms with Crippen LogP contribution in [0.25, 0.3) is 16.8 Å². The minimum Gasteiger partial charge on any atom is -0.496 e. The Labute approximate surface area is 143 Å². The molecule has 0 saturated carbocycles. The van der Waals surface area contributed by atoms with Crippen LogP contribution in [0.15, 0.2) is 42.1 Å². The molecular weight excluding hydrogens is 324 g/mol. The molecule has 1 saturated heterocycles. The fraction of sp³-hybridized carbons (Fsp3) is 0.167. The molecule has 3 rings (SSSR count). The van der Waals surface area contributed by atoms with Crippen molar-refractivity contribution >= 4 is 34.8 Å². The van der Waals surface area contributed by atoms with E-state index in [9.17, 15) is 14.4 Å². The van der Waals surface area contributed by atoms with Crippen LogP contribution in [0, 0.1) is 0 Å². The van der Waals surface area contributed by atoms with Gasteiger partial charge in [-0.1, -0.05) is 30.3 Å². The molecule has 3 amide bonds. The first-order valence-corrected chi connectivity index (χ1v) is 7.52. The van der Waals surface area contributed by atoms with Gasteiger partial charge in [0.15, 0.2) is 0 Å². The van der Waals surface area contributed by atoms with E-state index in [4.69, 9.17) is 4.74 Å². The number of ether oxygens (including phenoxy) is 2. The number of amides is 3. The van der Waals surface area contributed by atoms with E-state index in [1.54, 1.807) is 12.1 Å². The molecule has 1 aliphatic heterocycles. The van der Waals surface area contributed by atoms with Crippen LogP contribution < -0.4 is 10.1 Å². The van der Waals surface area contributed by atoms with E-state index < -0.39 is 24.5 Å². The van der Waals surface area contributed by atoms with E-state index in [0.717, 1.165) is 15.7 Å². The highest BCUT2D eigenvalue weighted by Crippen LogP contribution is 2.30. The van der Waals surface area contributed by atoms with E-state index >= 15 is 0 Å². The Bertz CT molecular complexity index is 903. The molecule has 0 aromatic heterocycles. The second kappa shape index (κ2) is 6.64. The van der Waals surface area contributed by atoms with E-state index in [1.807, 2.05) is 30.3 Å². The number of imide groups is 1. The summed E-state index contributed by atoms with van der Waals surface area (Å²) in [4.78, 5) is 36.6. The SMILES string of the molecule is COC(=O)CN1C(=O)N/C(=C\c2c(OC)ccc3ccccc23)C1=O. The Hall–Kier alpha value is -3.35. The fourth-order valence-corrected chi connectivity index (χ4v) is 2.66. The van der Waals surface area contributed by atoms with Gasteiger partial charge < -0.3 is 14.8 Å². The van der Waals surface area contributed by atoms with Gasteiger partial charge >= 0.3 is 12.0 Å². The standard InChI is InChI=1S/C18H16N2O5/c1-24-15-8-7-11-5-3-4-6-12(11)13(15)9-14-17(22)20(18(23)19-14)10-16(21)25-2/h3-9H,10H2,1-2H3,(H,19,23)/b14-9-. The van der Waals surface area contributed by atoms with Crippen LogP contribution in [-0.4, -0.2) is 43.6 Å².